The molecule has 0 spiro atoms. The van der Waals surface area contributed by atoms with E-state index in [4.69, 9.17) is 11.6 Å². The Labute approximate surface area is 154 Å². The van der Waals surface area contributed by atoms with Crippen LogP contribution in [0.4, 0.5) is 11.4 Å². The summed E-state index contributed by atoms with van der Waals surface area (Å²) in [6.07, 6.45) is 2.47. The summed E-state index contributed by atoms with van der Waals surface area (Å²) in [6.45, 7) is 6.16. The van der Waals surface area contributed by atoms with Crippen molar-refractivity contribution in [2.24, 2.45) is 5.92 Å². The predicted molar refractivity (Wildman–Crippen MR) is 104 cm³/mol. The fraction of sp³-hybridized carbons (Fsp3) is 0.368. The van der Waals surface area contributed by atoms with E-state index in [1.54, 1.807) is 19.1 Å². The van der Waals surface area contributed by atoms with Crippen LogP contribution in [0, 0.1) is 12.8 Å². The minimum Gasteiger partial charge on any atom is -0.371 e. The molecule has 25 heavy (non-hydrogen) atoms. The van der Waals surface area contributed by atoms with Crippen LogP contribution in [-0.4, -0.2) is 21.5 Å². The van der Waals surface area contributed by atoms with Gasteiger partial charge < -0.3 is 4.90 Å². The number of piperidine rings is 1. The molecular formula is C19H23ClN2O2S. The fourth-order valence-electron chi connectivity index (χ4n) is 3.16. The molecule has 2 aromatic carbocycles. The van der Waals surface area contributed by atoms with Gasteiger partial charge in [0.05, 0.1) is 4.90 Å². The van der Waals surface area contributed by atoms with E-state index in [1.807, 2.05) is 24.3 Å². The van der Waals surface area contributed by atoms with Gasteiger partial charge >= 0.3 is 0 Å². The molecule has 6 heteroatoms. The molecule has 1 aliphatic rings. The van der Waals surface area contributed by atoms with Gasteiger partial charge in [0.1, 0.15) is 0 Å². The van der Waals surface area contributed by atoms with Gasteiger partial charge in [0, 0.05) is 29.5 Å². The van der Waals surface area contributed by atoms with Crippen LogP contribution in [0.25, 0.3) is 0 Å². The van der Waals surface area contributed by atoms with Gasteiger partial charge in [-0.3, -0.25) is 4.72 Å². The van der Waals surface area contributed by atoms with E-state index in [2.05, 4.69) is 16.5 Å². The fourth-order valence-corrected chi connectivity index (χ4v) is 4.42. The van der Waals surface area contributed by atoms with Gasteiger partial charge in [-0.05, 0) is 73.7 Å². The Bertz CT molecular complexity index is 850. The standard InChI is InChI=1S/C19H23ClN2O2S/c1-14-4-3-11-22(13-14)17-7-5-16(6-8-17)21-25(23,24)18-9-10-19(20)15(2)12-18/h5-10,12,14,21H,3-4,11,13H2,1-2H3. The number of anilines is 2. The second kappa shape index (κ2) is 7.26. The van der Waals surface area contributed by atoms with Crippen molar-refractivity contribution in [2.75, 3.05) is 22.7 Å². The molecule has 0 amide bonds. The molecule has 1 atom stereocenters. The van der Waals surface area contributed by atoms with Crippen molar-refractivity contribution in [1.29, 1.82) is 0 Å². The Morgan fingerprint density at radius 1 is 1.16 bits per heavy atom. The molecule has 0 aliphatic carbocycles. The number of benzene rings is 2. The molecule has 1 fully saturated rings. The highest BCUT2D eigenvalue weighted by Gasteiger charge is 2.18. The van der Waals surface area contributed by atoms with E-state index in [9.17, 15) is 8.42 Å². The van der Waals surface area contributed by atoms with Gasteiger partial charge in [-0.15, -0.1) is 0 Å². The Morgan fingerprint density at radius 2 is 1.88 bits per heavy atom. The maximum absolute atomic E-state index is 12.5. The van der Waals surface area contributed by atoms with Crippen molar-refractivity contribution >= 4 is 33.0 Å². The number of sulfonamides is 1. The molecule has 1 aliphatic heterocycles. The van der Waals surface area contributed by atoms with Crippen LogP contribution in [0.5, 0.6) is 0 Å². The first-order chi connectivity index (χ1) is 11.8. The van der Waals surface area contributed by atoms with Crippen molar-refractivity contribution < 1.29 is 8.42 Å². The third kappa shape index (κ3) is 4.28. The lowest BCUT2D eigenvalue weighted by Gasteiger charge is -2.32. The molecule has 1 N–H and O–H groups in total. The number of hydrogen-bond donors (Lipinski definition) is 1. The van der Waals surface area contributed by atoms with E-state index >= 15 is 0 Å². The zero-order chi connectivity index (χ0) is 18.0. The van der Waals surface area contributed by atoms with Crippen LogP contribution in [-0.2, 0) is 10.0 Å². The van der Waals surface area contributed by atoms with Gasteiger partial charge in [0.15, 0.2) is 0 Å². The van der Waals surface area contributed by atoms with Crippen molar-refractivity contribution in [3.05, 3.63) is 53.1 Å². The first-order valence-corrected chi connectivity index (χ1v) is 10.4. The molecule has 4 nitrogen and oxygen atoms in total. The molecule has 1 unspecified atom stereocenters. The smallest absolute Gasteiger partial charge is 0.261 e. The lowest BCUT2D eigenvalue weighted by Crippen LogP contribution is -2.34. The van der Waals surface area contributed by atoms with E-state index in [1.165, 1.54) is 18.9 Å². The third-order valence-electron chi connectivity index (χ3n) is 4.58. The zero-order valence-corrected chi connectivity index (χ0v) is 16.1. The van der Waals surface area contributed by atoms with Crippen LogP contribution in [0.15, 0.2) is 47.4 Å². The number of rotatable bonds is 4. The summed E-state index contributed by atoms with van der Waals surface area (Å²) in [4.78, 5) is 2.57. The molecule has 3 rings (SSSR count). The average molecular weight is 379 g/mol. The maximum atomic E-state index is 12.5. The van der Waals surface area contributed by atoms with Crippen LogP contribution in [0.2, 0.25) is 5.02 Å². The van der Waals surface area contributed by atoms with Gasteiger partial charge in [0.2, 0.25) is 0 Å². The number of nitrogens with zero attached hydrogens (tertiary/aromatic N) is 1. The molecule has 0 radical (unpaired) electrons. The monoisotopic (exact) mass is 378 g/mol. The number of halogens is 1. The highest BCUT2D eigenvalue weighted by Crippen LogP contribution is 2.26. The van der Waals surface area contributed by atoms with Gasteiger partial charge in [0.25, 0.3) is 10.0 Å². The van der Waals surface area contributed by atoms with Crippen LogP contribution in [0.3, 0.4) is 0 Å². The lowest BCUT2D eigenvalue weighted by molar-refractivity contribution is 0.447. The SMILES string of the molecule is Cc1cc(S(=O)(=O)Nc2ccc(N3CCCC(C)C3)cc2)ccc1Cl. The normalized spacial score (nSPS) is 18.2. The minimum absolute atomic E-state index is 0.211. The van der Waals surface area contributed by atoms with Crippen LogP contribution >= 0.6 is 11.6 Å². The lowest BCUT2D eigenvalue weighted by atomic mass is 10.00. The number of nitrogens with one attached hydrogen (secondary N) is 1. The largest absolute Gasteiger partial charge is 0.371 e. The summed E-state index contributed by atoms with van der Waals surface area (Å²) in [6, 6.07) is 12.3. The quantitative estimate of drug-likeness (QED) is 0.839. The van der Waals surface area contributed by atoms with E-state index < -0.39 is 10.0 Å². The third-order valence-corrected chi connectivity index (χ3v) is 6.38. The highest BCUT2D eigenvalue weighted by atomic mass is 35.5. The van der Waals surface area contributed by atoms with Crippen molar-refractivity contribution in [3.63, 3.8) is 0 Å². The second-order valence-electron chi connectivity index (χ2n) is 6.76. The highest BCUT2D eigenvalue weighted by molar-refractivity contribution is 7.92. The van der Waals surface area contributed by atoms with E-state index in [0.717, 1.165) is 24.3 Å². The average Bonchev–Trinajstić information content (AvgIpc) is 2.57. The summed E-state index contributed by atoms with van der Waals surface area (Å²) < 4.78 is 27.7. The Hall–Kier alpha value is -1.72. The first kappa shape index (κ1) is 18.1. The summed E-state index contributed by atoms with van der Waals surface area (Å²) >= 11 is 5.97. The molecule has 1 saturated heterocycles. The summed E-state index contributed by atoms with van der Waals surface area (Å²) in [5, 5.41) is 0.555. The minimum atomic E-state index is -3.62. The number of hydrogen-bond acceptors (Lipinski definition) is 3. The Kier molecular flexibility index (Phi) is 5.25. The second-order valence-corrected chi connectivity index (χ2v) is 8.85. The van der Waals surface area contributed by atoms with Gasteiger partial charge in [-0.2, -0.15) is 0 Å². The first-order valence-electron chi connectivity index (χ1n) is 8.49. The van der Waals surface area contributed by atoms with E-state index in [-0.39, 0.29) is 4.90 Å². The van der Waals surface area contributed by atoms with Gasteiger partial charge in [-0.25, -0.2) is 8.42 Å². The summed E-state index contributed by atoms with van der Waals surface area (Å²) in [5.41, 5.74) is 2.43. The molecular weight excluding hydrogens is 356 g/mol. The zero-order valence-electron chi connectivity index (χ0n) is 14.5. The van der Waals surface area contributed by atoms with Crippen LogP contribution in [0.1, 0.15) is 25.3 Å². The maximum Gasteiger partial charge on any atom is 0.261 e. The predicted octanol–water partition coefficient (Wildman–Crippen LogP) is 4.69. The topological polar surface area (TPSA) is 49.4 Å². The molecule has 0 saturated carbocycles. The van der Waals surface area contributed by atoms with Crippen LogP contribution < -0.4 is 9.62 Å². The van der Waals surface area contributed by atoms with Crippen molar-refractivity contribution in [3.8, 4) is 0 Å². The summed E-state index contributed by atoms with van der Waals surface area (Å²) in [5.74, 6) is 0.695. The van der Waals surface area contributed by atoms with Crippen molar-refractivity contribution in [1.82, 2.24) is 0 Å². The van der Waals surface area contributed by atoms with E-state index in [0.29, 0.717) is 16.6 Å². The molecule has 134 valence electrons. The van der Waals surface area contributed by atoms with Gasteiger partial charge in [-0.1, -0.05) is 18.5 Å². The Balaban J connectivity index is 1.75. The molecule has 1 heterocycles. The molecule has 0 bridgehead atoms. The molecule has 2 aromatic rings. The van der Waals surface area contributed by atoms with Crippen molar-refractivity contribution in [2.45, 2.75) is 31.6 Å². The number of aryl methyl sites for hydroxylation is 1. The summed E-state index contributed by atoms with van der Waals surface area (Å²) in [7, 11) is -3.62. The molecule has 0 aromatic heterocycles. The Morgan fingerprint density at radius 3 is 2.52 bits per heavy atom.